The molecule has 1 aliphatic heterocycles. The minimum Gasteiger partial charge on any atom is -0.494 e. The highest BCUT2D eigenvalue weighted by Crippen LogP contribution is 2.32. The number of hydrogen-bond donors (Lipinski definition) is 0. The van der Waals surface area contributed by atoms with E-state index in [0.29, 0.717) is 25.7 Å². The number of carbonyl (C=O) groups excluding carboxylic acids is 1. The first-order chi connectivity index (χ1) is 10.7. The maximum absolute atomic E-state index is 11.4. The molecule has 1 saturated heterocycles. The van der Waals surface area contributed by atoms with Gasteiger partial charge < -0.3 is 9.47 Å². The molecule has 4 nitrogen and oxygen atoms in total. The van der Waals surface area contributed by atoms with E-state index < -0.39 is 0 Å². The van der Waals surface area contributed by atoms with Gasteiger partial charge in [-0.25, -0.2) is 0 Å². The molecule has 0 unspecified atom stereocenters. The number of benzene rings is 1. The summed E-state index contributed by atoms with van der Waals surface area (Å²) in [5.74, 6) is 0.845. The molecule has 0 aliphatic carbocycles. The highest BCUT2D eigenvalue weighted by Gasteiger charge is 2.25. The number of likely N-dealkylation sites (tertiary alicyclic amines) is 1. The Morgan fingerprint density at radius 2 is 2.00 bits per heavy atom. The predicted molar refractivity (Wildman–Crippen MR) is 87.0 cm³/mol. The number of ether oxygens (including phenoxy) is 2. The van der Waals surface area contributed by atoms with Crippen molar-refractivity contribution in [1.29, 1.82) is 0 Å². The van der Waals surface area contributed by atoms with Crippen molar-refractivity contribution >= 4 is 5.97 Å². The molecule has 1 aromatic rings. The van der Waals surface area contributed by atoms with Gasteiger partial charge in [0, 0.05) is 12.5 Å². The molecule has 1 fully saturated rings. The molecule has 1 aromatic carbocycles. The Labute approximate surface area is 133 Å². The Hall–Kier alpha value is -1.55. The standard InChI is InChI=1S/C18H27NO3/c1-3-21-16-11-9-15(10-12-16)17-7-5-13-19(17)14-6-8-18(20)22-4-2/h9-12,17H,3-8,13-14H2,1-2H3/t17-/m0/s1. The highest BCUT2D eigenvalue weighted by molar-refractivity contribution is 5.69. The van der Waals surface area contributed by atoms with Crippen LogP contribution in [-0.2, 0) is 9.53 Å². The van der Waals surface area contributed by atoms with E-state index in [-0.39, 0.29) is 5.97 Å². The molecule has 22 heavy (non-hydrogen) atoms. The van der Waals surface area contributed by atoms with Gasteiger partial charge in [-0.1, -0.05) is 12.1 Å². The molecule has 0 spiro atoms. The molecule has 122 valence electrons. The maximum atomic E-state index is 11.4. The van der Waals surface area contributed by atoms with Gasteiger partial charge in [-0.3, -0.25) is 9.69 Å². The minimum atomic E-state index is -0.0840. The fraction of sp³-hybridized carbons (Fsp3) is 0.611. The van der Waals surface area contributed by atoms with Crippen molar-refractivity contribution in [2.75, 3.05) is 26.3 Å². The molecule has 4 heteroatoms. The molecule has 1 heterocycles. The lowest BCUT2D eigenvalue weighted by molar-refractivity contribution is -0.143. The molecule has 0 aromatic heterocycles. The van der Waals surface area contributed by atoms with Crippen molar-refractivity contribution in [2.45, 2.75) is 45.6 Å². The largest absolute Gasteiger partial charge is 0.494 e. The molecular formula is C18H27NO3. The van der Waals surface area contributed by atoms with Crippen LogP contribution in [0.25, 0.3) is 0 Å². The summed E-state index contributed by atoms with van der Waals surface area (Å²) in [5, 5.41) is 0. The van der Waals surface area contributed by atoms with Crippen molar-refractivity contribution in [3.05, 3.63) is 29.8 Å². The van der Waals surface area contributed by atoms with Gasteiger partial charge in [-0.05, 0) is 63.9 Å². The smallest absolute Gasteiger partial charge is 0.305 e. The van der Waals surface area contributed by atoms with Crippen molar-refractivity contribution < 1.29 is 14.3 Å². The first kappa shape index (κ1) is 16.8. The summed E-state index contributed by atoms with van der Waals surface area (Å²) in [4.78, 5) is 13.9. The van der Waals surface area contributed by atoms with E-state index in [1.54, 1.807) is 0 Å². The molecule has 0 N–H and O–H groups in total. The summed E-state index contributed by atoms with van der Waals surface area (Å²) in [6, 6.07) is 8.90. The van der Waals surface area contributed by atoms with Gasteiger partial charge >= 0.3 is 5.97 Å². The zero-order valence-corrected chi connectivity index (χ0v) is 13.7. The Morgan fingerprint density at radius 3 is 2.68 bits per heavy atom. The second kappa shape index (κ2) is 8.79. The van der Waals surface area contributed by atoms with Crippen LogP contribution >= 0.6 is 0 Å². The van der Waals surface area contributed by atoms with E-state index in [2.05, 4.69) is 17.0 Å². The predicted octanol–water partition coefficient (Wildman–Crippen LogP) is 3.57. The third kappa shape index (κ3) is 4.73. The Kier molecular flexibility index (Phi) is 6.72. The van der Waals surface area contributed by atoms with Crippen LogP contribution < -0.4 is 4.74 Å². The number of esters is 1. The molecular weight excluding hydrogens is 278 g/mol. The molecule has 1 atom stereocenters. The lowest BCUT2D eigenvalue weighted by Crippen LogP contribution is -2.25. The molecule has 0 amide bonds. The van der Waals surface area contributed by atoms with E-state index in [0.717, 1.165) is 25.3 Å². The number of hydrogen-bond acceptors (Lipinski definition) is 4. The van der Waals surface area contributed by atoms with Crippen LogP contribution in [0.3, 0.4) is 0 Å². The summed E-state index contributed by atoms with van der Waals surface area (Å²) >= 11 is 0. The quantitative estimate of drug-likeness (QED) is 0.688. The average molecular weight is 305 g/mol. The van der Waals surface area contributed by atoms with E-state index in [9.17, 15) is 4.79 Å². The summed E-state index contributed by atoms with van der Waals surface area (Å²) in [6.07, 6.45) is 3.79. The molecule has 0 radical (unpaired) electrons. The summed E-state index contributed by atoms with van der Waals surface area (Å²) in [6.45, 7) is 7.08. The van der Waals surface area contributed by atoms with Crippen LogP contribution in [0.5, 0.6) is 5.75 Å². The average Bonchev–Trinajstić information content (AvgIpc) is 2.97. The normalized spacial score (nSPS) is 18.4. The van der Waals surface area contributed by atoms with Crippen molar-refractivity contribution in [3.63, 3.8) is 0 Å². The van der Waals surface area contributed by atoms with Gasteiger partial charge in [0.2, 0.25) is 0 Å². The van der Waals surface area contributed by atoms with Gasteiger partial charge in [-0.2, -0.15) is 0 Å². The van der Waals surface area contributed by atoms with E-state index in [1.807, 2.05) is 26.0 Å². The zero-order chi connectivity index (χ0) is 15.8. The van der Waals surface area contributed by atoms with Crippen LogP contribution in [-0.4, -0.2) is 37.2 Å². The van der Waals surface area contributed by atoms with Crippen LogP contribution in [0.2, 0.25) is 0 Å². The minimum absolute atomic E-state index is 0.0840. The van der Waals surface area contributed by atoms with Gasteiger partial charge in [-0.15, -0.1) is 0 Å². The fourth-order valence-electron chi connectivity index (χ4n) is 3.08. The zero-order valence-electron chi connectivity index (χ0n) is 13.7. The van der Waals surface area contributed by atoms with E-state index in [1.165, 1.54) is 18.4 Å². The third-order valence-electron chi connectivity index (χ3n) is 4.07. The Bertz CT molecular complexity index is 458. The molecule has 0 bridgehead atoms. The van der Waals surface area contributed by atoms with Crippen LogP contribution in [0.1, 0.15) is 51.1 Å². The number of nitrogens with zero attached hydrogens (tertiary/aromatic N) is 1. The summed E-state index contributed by atoms with van der Waals surface area (Å²) < 4.78 is 10.5. The summed E-state index contributed by atoms with van der Waals surface area (Å²) in [7, 11) is 0. The first-order valence-corrected chi connectivity index (χ1v) is 8.37. The maximum Gasteiger partial charge on any atom is 0.305 e. The lowest BCUT2D eigenvalue weighted by Gasteiger charge is -2.24. The molecule has 2 rings (SSSR count). The highest BCUT2D eigenvalue weighted by atomic mass is 16.5. The first-order valence-electron chi connectivity index (χ1n) is 8.37. The number of carbonyl (C=O) groups is 1. The van der Waals surface area contributed by atoms with Crippen LogP contribution in [0.4, 0.5) is 0 Å². The van der Waals surface area contributed by atoms with Gasteiger partial charge in [0.15, 0.2) is 0 Å². The second-order valence-electron chi connectivity index (χ2n) is 5.60. The van der Waals surface area contributed by atoms with Crippen LogP contribution in [0.15, 0.2) is 24.3 Å². The monoisotopic (exact) mass is 305 g/mol. The lowest BCUT2D eigenvalue weighted by atomic mass is 10.0. The molecule has 1 aliphatic rings. The summed E-state index contributed by atoms with van der Waals surface area (Å²) in [5.41, 5.74) is 1.34. The van der Waals surface area contributed by atoms with Crippen molar-refractivity contribution in [1.82, 2.24) is 4.90 Å². The van der Waals surface area contributed by atoms with E-state index in [4.69, 9.17) is 9.47 Å². The fourth-order valence-corrected chi connectivity index (χ4v) is 3.08. The van der Waals surface area contributed by atoms with Crippen molar-refractivity contribution in [3.8, 4) is 5.75 Å². The van der Waals surface area contributed by atoms with Gasteiger partial charge in [0.1, 0.15) is 5.75 Å². The Balaban J connectivity index is 1.85. The molecule has 0 saturated carbocycles. The SMILES string of the molecule is CCOC(=O)CCCN1CCC[C@H]1c1ccc(OCC)cc1. The Morgan fingerprint density at radius 1 is 1.23 bits per heavy atom. The van der Waals surface area contributed by atoms with Crippen molar-refractivity contribution in [2.24, 2.45) is 0 Å². The number of rotatable bonds is 8. The van der Waals surface area contributed by atoms with Crippen LogP contribution in [0, 0.1) is 0 Å². The van der Waals surface area contributed by atoms with Gasteiger partial charge in [0.05, 0.1) is 13.2 Å². The topological polar surface area (TPSA) is 38.8 Å². The second-order valence-corrected chi connectivity index (χ2v) is 5.60. The van der Waals surface area contributed by atoms with Gasteiger partial charge in [0.25, 0.3) is 0 Å². The van der Waals surface area contributed by atoms with E-state index >= 15 is 0 Å². The third-order valence-corrected chi connectivity index (χ3v) is 4.07.